The van der Waals surface area contributed by atoms with E-state index in [1.165, 1.54) is 11.7 Å². The van der Waals surface area contributed by atoms with Gasteiger partial charge in [0.05, 0.1) is 5.71 Å². The summed E-state index contributed by atoms with van der Waals surface area (Å²) in [5.41, 5.74) is 2.47. The van der Waals surface area contributed by atoms with Gasteiger partial charge in [-0.25, -0.2) is 4.78 Å². The van der Waals surface area contributed by atoms with Crippen LogP contribution in [-0.2, 0) is 9.63 Å². The van der Waals surface area contributed by atoms with Gasteiger partial charge < -0.3 is 4.84 Å². The lowest BCUT2D eigenvalue weighted by molar-refractivity contribution is -0.124. The largest absolute Gasteiger partial charge is 0.379 e. The van der Waals surface area contributed by atoms with Gasteiger partial charge >= 0.3 is 0 Å². The number of carbonyl (C=O) groups is 1. The average molecular weight is 296 g/mol. The zero-order valence-corrected chi connectivity index (χ0v) is 12.0. The summed E-state index contributed by atoms with van der Waals surface area (Å²) in [4.78, 5) is 17.1. The highest BCUT2D eigenvalue weighted by Crippen LogP contribution is 2.57. The standard InChI is InChI=1S/C12H11ClN3O2P/c1-7-12-18-15-11(9-3-5-10(13)6-4-9)19(12)16(14-7)8(2)17/h3-6,12H,1-2H3. The highest BCUT2D eigenvalue weighted by molar-refractivity contribution is 7.76. The van der Waals surface area contributed by atoms with Crippen LogP contribution in [0.5, 0.6) is 0 Å². The van der Waals surface area contributed by atoms with E-state index in [4.69, 9.17) is 16.4 Å². The van der Waals surface area contributed by atoms with Crippen molar-refractivity contribution in [1.29, 1.82) is 0 Å². The van der Waals surface area contributed by atoms with E-state index in [-0.39, 0.29) is 11.8 Å². The third-order valence-corrected chi connectivity index (χ3v) is 5.59. The number of nitrogens with zero attached hydrogens (tertiary/aromatic N) is 3. The van der Waals surface area contributed by atoms with E-state index >= 15 is 0 Å². The number of carbonyl (C=O) groups excluding carboxylic acids is 1. The number of halogens is 1. The summed E-state index contributed by atoms with van der Waals surface area (Å²) in [7, 11) is -1.02. The smallest absolute Gasteiger partial charge is 0.243 e. The summed E-state index contributed by atoms with van der Waals surface area (Å²) >= 11 is 5.88. The predicted molar refractivity (Wildman–Crippen MR) is 75.4 cm³/mol. The van der Waals surface area contributed by atoms with Gasteiger partial charge in [-0.1, -0.05) is 28.9 Å². The van der Waals surface area contributed by atoms with E-state index in [1.54, 1.807) is 12.1 Å². The van der Waals surface area contributed by atoms with Crippen molar-refractivity contribution in [2.24, 2.45) is 10.3 Å². The Hall–Kier alpha value is -1.45. The molecule has 0 aromatic heterocycles. The first-order valence-electron chi connectivity index (χ1n) is 5.72. The Bertz CT molecular complexity index is 599. The molecule has 0 N–H and O–H groups in total. The zero-order valence-electron chi connectivity index (χ0n) is 10.4. The first-order valence-corrected chi connectivity index (χ1v) is 7.47. The third-order valence-electron chi connectivity index (χ3n) is 2.88. The van der Waals surface area contributed by atoms with Gasteiger partial charge in [-0.15, -0.1) is 0 Å². The molecule has 2 aliphatic rings. The van der Waals surface area contributed by atoms with Crippen molar-refractivity contribution in [2.75, 3.05) is 0 Å². The van der Waals surface area contributed by atoms with Crippen LogP contribution in [0.2, 0.25) is 5.02 Å². The molecule has 0 spiro atoms. The van der Waals surface area contributed by atoms with Crippen LogP contribution in [0.25, 0.3) is 0 Å². The number of fused-ring (bicyclic) bond motifs is 1. The molecule has 2 aliphatic heterocycles. The van der Waals surface area contributed by atoms with Gasteiger partial charge in [0.2, 0.25) is 11.8 Å². The number of hydrazone groups is 1. The third kappa shape index (κ3) is 2.03. The SMILES string of the molecule is CC(=O)N1N=C(C)C2ON=C(c3ccc(Cl)cc3)P21. The van der Waals surface area contributed by atoms with Crippen molar-refractivity contribution in [3.8, 4) is 0 Å². The molecule has 2 heterocycles. The Morgan fingerprint density at radius 3 is 2.74 bits per heavy atom. The molecular weight excluding hydrogens is 285 g/mol. The fourth-order valence-corrected chi connectivity index (χ4v) is 4.35. The van der Waals surface area contributed by atoms with Crippen LogP contribution in [0.1, 0.15) is 19.4 Å². The van der Waals surface area contributed by atoms with E-state index in [9.17, 15) is 4.79 Å². The number of rotatable bonds is 1. The van der Waals surface area contributed by atoms with Crippen molar-refractivity contribution < 1.29 is 9.63 Å². The van der Waals surface area contributed by atoms with Crippen molar-refractivity contribution >= 4 is 36.7 Å². The van der Waals surface area contributed by atoms with E-state index in [1.807, 2.05) is 19.1 Å². The van der Waals surface area contributed by atoms with Gasteiger partial charge in [0.25, 0.3) is 0 Å². The van der Waals surface area contributed by atoms with Crippen LogP contribution < -0.4 is 0 Å². The number of hydrogen-bond acceptors (Lipinski definition) is 4. The minimum atomic E-state index is -1.02. The van der Waals surface area contributed by atoms with Crippen LogP contribution in [0, 0.1) is 0 Å². The molecule has 0 radical (unpaired) electrons. The fourth-order valence-electron chi connectivity index (χ4n) is 1.99. The Labute approximate surface area is 116 Å². The number of oxime groups is 1. The van der Waals surface area contributed by atoms with Crippen LogP contribution in [0.15, 0.2) is 34.5 Å². The zero-order chi connectivity index (χ0) is 13.6. The number of hydrogen-bond donors (Lipinski definition) is 0. The monoisotopic (exact) mass is 295 g/mol. The van der Waals surface area contributed by atoms with Gasteiger partial charge in [0, 0.05) is 17.5 Å². The summed E-state index contributed by atoms with van der Waals surface area (Å²) in [5, 5.41) is 9.06. The van der Waals surface area contributed by atoms with Gasteiger partial charge in [-0.3, -0.25) is 4.79 Å². The Morgan fingerprint density at radius 2 is 2.11 bits per heavy atom. The lowest BCUT2D eigenvalue weighted by atomic mass is 10.2. The lowest BCUT2D eigenvalue weighted by Crippen LogP contribution is -2.19. The molecule has 0 bridgehead atoms. The number of benzene rings is 1. The van der Waals surface area contributed by atoms with Gasteiger partial charge in [-0.2, -0.15) is 5.10 Å². The summed E-state index contributed by atoms with van der Waals surface area (Å²) in [6, 6.07) is 7.34. The second kappa shape index (κ2) is 4.58. The molecule has 98 valence electrons. The summed E-state index contributed by atoms with van der Waals surface area (Å²) in [5.74, 6) is -0.315. The van der Waals surface area contributed by atoms with Crippen LogP contribution in [0.3, 0.4) is 0 Å². The Morgan fingerprint density at radius 1 is 1.42 bits per heavy atom. The highest BCUT2D eigenvalue weighted by atomic mass is 35.5. The molecule has 0 aliphatic carbocycles. The van der Waals surface area contributed by atoms with Gasteiger partial charge in [0.15, 0.2) is 0 Å². The second-order valence-corrected chi connectivity index (χ2v) is 6.67. The highest BCUT2D eigenvalue weighted by Gasteiger charge is 2.47. The molecule has 5 nitrogen and oxygen atoms in total. The quantitative estimate of drug-likeness (QED) is 0.748. The fraction of sp³-hybridized carbons (Fsp3) is 0.250. The van der Waals surface area contributed by atoms with Crippen LogP contribution >= 0.6 is 19.7 Å². The Balaban J connectivity index is 1.97. The van der Waals surface area contributed by atoms with Crippen molar-refractivity contribution in [3.05, 3.63) is 34.9 Å². The van der Waals surface area contributed by atoms with Gasteiger partial charge in [0.1, 0.15) is 13.5 Å². The molecule has 3 rings (SSSR count). The molecule has 1 aromatic carbocycles. The Kier molecular flexibility index (Phi) is 3.03. The minimum Gasteiger partial charge on any atom is -0.379 e. The molecule has 19 heavy (non-hydrogen) atoms. The first-order chi connectivity index (χ1) is 9.08. The summed E-state index contributed by atoms with van der Waals surface area (Å²) in [6.45, 7) is 3.35. The molecule has 1 aromatic rings. The normalized spacial score (nSPS) is 24.7. The lowest BCUT2D eigenvalue weighted by Gasteiger charge is -2.18. The molecule has 2 unspecified atom stereocenters. The molecule has 0 saturated carbocycles. The summed E-state index contributed by atoms with van der Waals surface area (Å²) in [6.07, 6.45) is 0. The maximum absolute atomic E-state index is 11.7. The minimum absolute atomic E-state index is 0.0971. The van der Waals surface area contributed by atoms with Crippen LogP contribution in [-0.4, -0.2) is 27.7 Å². The van der Waals surface area contributed by atoms with E-state index in [0.29, 0.717) is 5.02 Å². The topological polar surface area (TPSA) is 54.3 Å². The molecule has 1 amide bonds. The molecular formula is C12H11ClN3O2P. The van der Waals surface area contributed by atoms with E-state index in [0.717, 1.165) is 16.7 Å². The molecule has 2 atom stereocenters. The first kappa shape index (κ1) is 12.6. The molecule has 0 fully saturated rings. The van der Waals surface area contributed by atoms with Crippen molar-refractivity contribution in [2.45, 2.75) is 19.7 Å². The van der Waals surface area contributed by atoms with Crippen LogP contribution in [0.4, 0.5) is 0 Å². The number of amides is 1. The summed E-state index contributed by atoms with van der Waals surface area (Å²) < 4.78 is 1.50. The molecule has 7 heteroatoms. The average Bonchev–Trinajstić information content (AvgIpc) is 2.92. The van der Waals surface area contributed by atoms with E-state index < -0.39 is 8.07 Å². The van der Waals surface area contributed by atoms with E-state index in [2.05, 4.69) is 10.3 Å². The maximum atomic E-state index is 11.7. The van der Waals surface area contributed by atoms with Gasteiger partial charge in [-0.05, 0) is 19.1 Å². The van der Waals surface area contributed by atoms with Crippen molar-refractivity contribution in [3.63, 3.8) is 0 Å². The predicted octanol–water partition coefficient (Wildman–Crippen LogP) is 2.99. The maximum Gasteiger partial charge on any atom is 0.243 e. The second-order valence-electron chi connectivity index (χ2n) is 4.27. The molecule has 0 saturated heterocycles. The van der Waals surface area contributed by atoms with Crippen molar-refractivity contribution in [1.82, 2.24) is 4.78 Å².